The van der Waals surface area contributed by atoms with Crippen LogP contribution in [0.2, 0.25) is 0 Å². The van der Waals surface area contributed by atoms with E-state index >= 15 is 0 Å². The summed E-state index contributed by atoms with van der Waals surface area (Å²) >= 11 is 0. The van der Waals surface area contributed by atoms with Gasteiger partial charge in [0, 0.05) is 17.4 Å². The minimum absolute atomic E-state index is 0.120. The molecule has 3 aliphatic carbocycles. The summed E-state index contributed by atoms with van der Waals surface area (Å²) in [6, 6.07) is 8.36. The predicted molar refractivity (Wildman–Crippen MR) is 85.5 cm³/mol. The van der Waals surface area contributed by atoms with Crippen LogP contribution in [0.3, 0.4) is 0 Å². The highest BCUT2D eigenvalue weighted by atomic mass is 16.1. The van der Waals surface area contributed by atoms with E-state index in [2.05, 4.69) is 41.5 Å². The maximum atomic E-state index is 12.2. The van der Waals surface area contributed by atoms with Crippen molar-refractivity contribution in [2.45, 2.75) is 44.4 Å². The molecule has 2 bridgehead atoms. The van der Waals surface area contributed by atoms with E-state index in [9.17, 15) is 4.79 Å². The van der Waals surface area contributed by atoms with Crippen LogP contribution in [-0.4, -0.2) is 4.98 Å². The summed E-state index contributed by atoms with van der Waals surface area (Å²) in [7, 11) is 0. The summed E-state index contributed by atoms with van der Waals surface area (Å²) in [6.07, 6.45) is 6.65. The second kappa shape index (κ2) is 4.76. The number of H-pyrrole nitrogens is 1. The summed E-state index contributed by atoms with van der Waals surface area (Å²) in [5, 5.41) is 3.51. The standard InChI is InChI=1S/C18H20N2O/c1-11-3-2-4-14(9-11)20-15-10-19-18(21)17-13-7-5-12(6-8-13)16(15)17/h2-4,9-10,12-13,20H,5-8H2,1H3,(H,19,21). The number of aryl methyl sites for hydroxylation is 1. The quantitative estimate of drug-likeness (QED) is 0.866. The first-order chi connectivity index (χ1) is 10.2. The van der Waals surface area contributed by atoms with E-state index in [1.807, 2.05) is 6.20 Å². The van der Waals surface area contributed by atoms with Crippen LogP contribution in [0.4, 0.5) is 11.4 Å². The molecule has 3 nitrogen and oxygen atoms in total. The van der Waals surface area contributed by atoms with E-state index in [1.54, 1.807) is 0 Å². The Morgan fingerprint density at radius 2 is 1.81 bits per heavy atom. The molecule has 1 heterocycles. The van der Waals surface area contributed by atoms with Gasteiger partial charge < -0.3 is 10.3 Å². The SMILES string of the molecule is Cc1cccc(Nc2c[nH]c(=O)c3c2C2CCC3CC2)c1. The highest BCUT2D eigenvalue weighted by Gasteiger charge is 2.36. The fourth-order valence-corrected chi connectivity index (χ4v) is 4.06. The minimum Gasteiger partial charge on any atom is -0.354 e. The van der Waals surface area contributed by atoms with Gasteiger partial charge in [-0.2, -0.15) is 0 Å². The van der Waals surface area contributed by atoms with Gasteiger partial charge in [-0.25, -0.2) is 0 Å². The molecule has 5 rings (SSSR count). The van der Waals surface area contributed by atoms with Crippen molar-refractivity contribution in [1.29, 1.82) is 0 Å². The van der Waals surface area contributed by atoms with Crippen LogP contribution in [0, 0.1) is 6.92 Å². The first kappa shape index (κ1) is 12.7. The van der Waals surface area contributed by atoms with Crippen molar-refractivity contribution in [2.75, 3.05) is 5.32 Å². The van der Waals surface area contributed by atoms with Crippen molar-refractivity contribution in [3.63, 3.8) is 0 Å². The molecule has 3 heteroatoms. The molecule has 108 valence electrons. The summed E-state index contributed by atoms with van der Waals surface area (Å²) in [4.78, 5) is 15.2. The smallest absolute Gasteiger partial charge is 0.251 e. The van der Waals surface area contributed by atoms with Crippen LogP contribution < -0.4 is 10.9 Å². The molecule has 0 saturated heterocycles. The Morgan fingerprint density at radius 1 is 1.10 bits per heavy atom. The van der Waals surface area contributed by atoms with Crippen LogP contribution in [-0.2, 0) is 0 Å². The molecule has 0 radical (unpaired) electrons. The third kappa shape index (κ3) is 2.08. The van der Waals surface area contributed by atoms with Crippen LogP contribution in [0.1, 0.15) is 54.2 Å². The van der Waals surface area contributed by atoms with Crippen molar-refractivity contribution in [1.82, 2.24) is 4.98 Å². The number of anilines is 2. The van der Waals surface area contributed by atoms with Crippen molar-refractivity contribution >= 4 is 11.4 Å². The van der Waals surface area contributed by atoms with Crippen LogP contribution >= 0.6 is 0 Å². The van der Waals surface area contributed by atoms with E-state index in [0.29, 0.717) is 11.8 Å². The molecular formula is C18H20N2O. The van der Waals surface area contributed by atoms with Gasteiger partial charge in [0.1, 0.15) is 0 Å². The van der Waals surface area contributed by atoms with Crippen molar-refractivity contribution in [3.8, 4) is 0 Å². The monoisotopic (exact) mass is 280 g/mol. The minimum atomic E-state index is 0.120. The molecule has 0 amide bonds. The normalized spacial score (nSPS) is 22.9. The number of benzene rings is 1. The highest BCUT2D eigenvalue weighted by Crippen LogP contribution is 2.50. The summed E-state index contributed by atoms with van der Waals surface area (Å²) in [6.45, 7) is 2.09. The molecule has 1 fully saturated rings. The number of rotatable bonds is 2. The topological polar surface area (TPSA) is 44.9 Å². The Kier molecular flexibility index (Phi) is 2.88. The molecule has 1 aromatic heterocycles. The van der Waals surface area contributed by atoms with Gasteiger partial charge in [-0.15, -0.1) is 0 Å². The molecule has 3 aliphatic rings. The average Bonchev–Trinajstić information content (AvgIpc) is 2.51. The lowest BCUT2D eigenvalue weighted by Gasteiger charge is -2.38. The first-order valence-corrected chi connectivity index (χ1v) is 7.81. The van der Waals surface area contributed by atoms with E-state index in [4.69, 9.17) is 0 Å². The number of pyridine rings is 1. The number of aromatic nitrogens is 1. The predicted octanol–water partition coefficient (Wildman–Crippen LogP) is 4.18. The molecule has 1 aromatic carbocycles. The van der Waals surface area contributed by atoms with Crippen LogP contribution in [0.15, 0.2) is 35.3 Å². The Bertz CT molecular complexity index is 739. The van der Waals surface area contributed by atoms with Gasteiger partial charge in [-0.05, 0) is 67.7 Å². The zero-order valence-electron chi connectivity index (χ0n) is 12.3. The molecule has 21 heavy (non-hydrogen) atoms. The number of aromatic amines is 1. The molecule has 0 spiro atoms. The van der Waals surface area contributed by atoms with Gasteiger partial charge in [0.05, 0.1) is 5.69 Å². The second-order valence-electron chi connectivity index (χ2n) is 6.40. The number of hydrogen-bond donors (Lipinski definition) is 2. The van der Waals surface area contributed by atoms with E-state index in [1.165, 1.54) is 36.8 Å². The first-order valence-electron chi connectivity index (χ1n) is 7.81. The van der Waals surface area contributed by atoms with Crippen LogP contribution in [0.25, 0.3) is 0 Å². The lowest BCUT2D eigenvalue weighted by Crippen LogP contribution is -2.30. The Morgan fingerprint density at radius 3 is 2.52 bits per heavy atom. The Labute approximate surface area is 124 Å². The molecule has 0 aliphatic heterocycles. The van der Waals surface area contributed by atoms with E-state index < -0.39 is 0 Å². The molecule has 1 saturated carbocycles. The Hall–Kier alpha value is -2.03. The van der Waals surface area contributed by atoms with Gasteiger partial charge in [-0.1, -0.05) is 12.1 Å². The summed E-state index contributed by atoms with van der Waals surface area (Å²) in [5.41, 5.74) is 5.86. The number of hydrogen-bond acceptors (Lipinski definition) is 2. The van der Waals surface area contributed by atoms with Gasteiger partial charge in [0.2, 0.25) is 0 Å². The lowest BCUT2D eigenvalue weighted by atomic mass is 9.67. The summed E-state index contributed by atoms with van der Waals surface area (Å²) in [5.74, 6) is 1.02. The molecule has 0 unspecified atom stereocenters. The fourth-order valence-electron chi connectivity index (χ4n) is 4.06. The zero-order valence-corrected chi connectivity index (χ0v) is 12.3. The van der Waals surface area contributed by atoms with E-state index in [0.717, 1.165) is 16.9 Å². The largest absolute Gasteiger partial charge is 0.354 e. The van der Waals surface area contributed by atoms with Crippen LogP contribution in [0.5, 0.6) is 0 Å². The fraction of sp³-hybridized carbons (Fsp3) is 0.389. The van der Waals surface area contributed by atoms with Gasteiger partial charge in [0.15, 0.2) is 0 Å². The zero-order chi connectivity index (χ0) is 14.4. The van der Waals surface area contributed by atoms with Crippen molar-refractivity contribution in [3.05, 3.63) is 57.5 Å². The molecule has 0 atom stereocenters. The Balaban J connectivity index is 1.81. The second-order valence-corrected chi connectivity index (χ2v) is 6.40. The average molecular weight is 280 g/mol. The summed E-state index contributed by atoms with van der Waals surface area (Å²) < 4.78 is 0. The van der Waals surface area contributed by atoms with Gasteiger partial charge in [-0.3, -0.25) is 4.79 Å². The number of nitrogens with one attached hydrogen (secondary N) is 2. The third-order valence-electron chi connectivity index (χ3n) is 5.01. The lowest BCUT2D eigenvalue weighted by molar-refractivity contribution is 0.356. The van der Waals surface area contributed by atoms with Gasteiger partial charge in [0.25, 0.3) is 5.56 Å². The maximum absolute atomic E-state index is 12.2. The maximum Gasteiger partial charge on any atom is 0.251 e. The highest BCUT2D eigenvalue weighted by molar-refractivity contribution is 5.66. The van der Waals surface area contributed by atoms with Crippen molar-refractivity contribution in [2.24, 2.45) is 0 Å². The third-order valence-corrected chi connectivity index (χ3v) is 5.01. The molecule has 2 N–H and O–H groups in total. The number of fused-ring (bicyclic) bond motifs is 2. The van der Waals surface area contributed by atoms with Gasteiger partial charge >= 0.3 is 0 Å². The van der Waals surface area contributed by atoms with E-state index in [-0.39, 0.29) is 5.56 Å². The van der Waals surface area contributed by atoms with Crippen molar-refractivity contribution < 1.29 is 0 Å². The molecular weight excluding hydrogens is 260 g/mol. The molecule has 2 aromatic rings.